The predicted molar refractivity (Wildman–Crippen MR) is 101 cm³/mol. The lowest BCUT2D eigenvalue weighted by molar-refractivity contribution is 0.204. The molecule has 1 aromatic rings. The molecule has 6 nitrogen and oxygen atoms in total. The molecule has 0 amide bonds. The fraction of sp³-hybridized carbons (Fsp3) is 0.562. The number of methoxy groups -OCH3 is 1. The van der Waals surface area contributed by atoms with E-state index in [-0.39, 0.29) is 6.04 Å². The Balaban J connectivity index is 2.75. The Morgan fingerprint density at radius 3 is 2.33 bits per heavy atom. The minimum atomic E-state index is -3.42. The van der Waals surface area contributed by atoms with Crippen molar-refractivity contribution in [3.63, 3.8) is 0 Å². The van der Waals surface area contributed by atoms with Gasteiger partial charge in [-0.05, 0) is 36.8 Å². The van der Waals surface area contributed by atoms with Crippen LogP contribution < -0.4 is 10.6 Å². The normalized spacial score (nSPS) is 12.9. The van der Waals surface area contributed by atoms with E-state index in [1.807, 2.05) is 32.9 Å². The summed E-state index contributed by atoms with van der Waals surface area (Å²) in [6.07, 6.45) is 0. The zero-order valence-corrected chi connectivity index (χ0v) is 16.3. The van der Waals surface area contributed by atoms with Gasteiger partial charge in [-0.1, -0.05) is 26.0 Å². The zero-order chi connectivity index (χ0) is 18.2. The first kappa shape index (κ1) is 20.8. The van der Waals surface area contributed by atoms with Gasteiger partial charge in [0.1, 0.15) is 0 Å². The Hall–Kier alpha value is -1.22. The van der Waals surface area contributed by atoms with Crippen LogP contribution in [0.25, 0.3) is 0 Å². The Kier molecular flexibility index (Phi) is 8.61. The van der Waals surface area contributed by atoms with Gasteiger partial charge < -0.3 is 15.4 Å². The van der Waals surface area contributed by atoms with E-state index in [0.717, 1.165) is 5.56 Å². The summed E-state index contributed by atoms with van der Waals surface area (Å²) in [5, 5.41) is 6.75. The minimum absolute atomic E-state index is 0.0299. The SMILES string of the molecule is CCN(CC)S(=O)(=O)c1ccc([C@H](C)NC(=S)NCCOC)cc1. The predicted octanol–water partition coefficient (Wildman–Crippen LogP) is 1.89. The first-order valence-corrected chi connectivity index (χ1v) is 9.85. The molecule has 0 aliphatic heterocycles. The second kappa shape index (κ2) is 9.93. The Morgan fingerprint density at radius 1 is 1.25 bits per heavy atom. The van der Waals surface area contributed by atoms with E-state index in [1.54, 1.807) is 19.2 Å². The number of hydrogen-bond acceptors (Lipinski definition) is 4. The number of sulfonamides is 1. The number of hydrogen-bond donors (Lipinski definition) is 2. The Morgan fingerprint density at radius 2 is 1.83 bits per heavy atom. The highest BCUT2D eigenvalue weighted by atomic mass is 32.2. The molecule has 0 fully saturated rings. The average Bonchev–Trinajstić information content (AvgIpc) is 2.56. The summed E-state index contributed by atoms with van der Waals surface area (Å²) >= 11 is 5.21. The Labute approximate surface area is 150 Å². The molecule has 0 unspecified atom stereocenters. The van der Waals surface area contributed by atoms with Crippen LogP contribution in [0, 0.1) is 0 Å². The monoisotopic (exact) mass is 373 g/mol. The molecule has 0 aromatic heterocycles. The first-order valence-electron chi connectivity index (χ1n) is 8.00. The maximum Gasteiger partial charge on any atom is 0.243 e. The van der Waals surface area contributed by atoms with E-state index in [9.17, 15) is 8.42 Å². The van der Waals surface area contributed by atoms with Crippen molar-refractivity contribution in [3.05, 3.63) is 29.8 Å². The van der Waals surface area contributed by atoms with Gasteiger partial charge in [-0.15, -0.1) is 0 Å². The van der Waals surface area contributed by atoms with Gasteiger partial charge in [0.15, 0.2) is 5.11 Å². The second-order valence-corrected chi connectivity index (χ2v) is 7.62. The van der Waals surface area contributed by atoms with E-state index in [1.165, 1.54) is 4.31 Å². The second-order valence-electron chi connectivity index (χ2n) is 5.27. The van der Waals surface area contributed by atoms with Gasteiger partial charge in [0.2, 0.25) is 10.0 Å². The van der Waals surface area contributed by atoms with Crippen molar-refractivity contribution in [1.82, 2.24) is 14.9 Å². The number of nitrogens with zero attached hydrogens (tertiary/aromatic N) is 1. The molecule has 0 radical (unpaired) electrons. The van der Waals surface area contributed by atoms with E-state index >= 15 is 0 Å². The maximum atomic E-state index is 12.5. The van der Waals surface area contributed by atoms with Crippen LogP contribution in [0.15, 0.2) is 29.2 Å². The molecule has 0 spiro atoms. The molecule has 0 saturated carbocycles. The average molecular weight is 374 g/mol. The highest BCUT2D eigenvalue weighted by Crippen LogP contribution is 2.19. The number of ether oxygens (including phenoxy) is 1. The number of benzene rings is 1. The summed E-state index contributed by atoms with van der Waals surface area (Å²) in [5.41, 5.74) is 0.962. The van der Waals surface area contributed by atoms with Crippen LogP contribution in [0.1, 0.15) is 32.4 Å². The molecule has 0 aliphatic rings. The van der Waals surface area contributed by atoms with Crippen molar-refractivity contribution in [2.75, 3.05) is 33.4 Å². The molecule has 24 heavy (non-hydrogen) atoms. The van der Waals surface area contributed by atoms with Gasteiger partial charge in [-0.2, -0.15) is 4.31 Å². The number of nitrogens with one attached hydrogen (secondary N) is 2. The van der Waals surface area contributed by atoms with Crippen LogP contribution in [0.5, 0.6) is 0 Å². The smallest absolute Gasteiger partial charge is 0.243 e. The van der Waals surface area contributed by atoms with Crippen molar-refractivity contribution >= 4 is 27.4 Å². The van der Waals surface area contributed by atoms with Crippen molar-refractivity contribution in [3.8, 4) is 0 Å². The topological polar surface area (TPSA) is 70.7 Å². The lowest BCUT2D eigenvalue weighted by atomic mass is 10.1. The molecule has 136 valence electrons. The van der Waals surface area contributed by atoms with Gasteiger partial charge in [-0.25, -0.2) is 8.42 Å². The third-order valence-corrected chi connectivity index (χ3v) is 5.99. The van der Waals surface area contributed by atoms with E-state index in [2.05, 4.69) is 10.6 Å². The van der Waals surface area contributed by atoms with Crippen LogP contribution in [-0.4, -0.2) is 51.2 Å². The fourth-order valence-corrected chi connectivity index (χ4v) is 3.98. The summed E-state index contributed by atoms with van der Waals surface area (Å²) in [4.78, 5) is 0.308. The van der Waals surface area contributed by atoms with E-state index < -0.39 is 10.0 Å². The third kappa shape index (κ3) is 5.70. The molecule has 1 atom stereocenters. The van der Waals surface area contributed by atoms with Crippen molar-refractivity contribution < 1.29 is 13.2 Å². The lowest BCUT2D eigenvalue weighted by Crippen LogP contribution is -2.38. The summed E-state index contributed by atoms with van der Waals surface area (Å²) in [7, 11) is -1.79. The number of thiocarbonyl (C=S) groups is 1. The molecular weight excluding hydrogens is 346 g/mol. The molecule has 1 aromatic carbocycles. The van der Waals surface area contributed by atoms with E-state index in [4.69, 9.17) is 17.0 Å². The largest absolute Gasteiger partial charge is 0.383 e. The maximum absolute atomic E-state index is 12.5. The molecule has 8 heteroatoms. The van der Waals surface area contributed by atoms with E-state index in [0.29, 0.717) is 36.2 Å². The van der Waals surface area contributed by atoms with Crippen LogP contribution in [0.2, 0.25) is 0 Å². The Bertz CT molecular complexity index is 614. The molecule has 0 aliphatic carbocycles. The fourth-order valence-electron chi connectivity index (χ4n) is 2.24. The highest BCUT2D eigenvalue weighted by molar-refractivity contribution is 7.89. The lowest BCUT2D eigenvalue weighted by Gasteiger charge is -2.20. The van der Waals surface area contributed by atoms with Crippen molar-refractivity contribution in [1.29, 1.82) is 0 Å². The number of rotatable bonds is 9. The summed E-state index contributed by atoms with van der Waals surface area (Å²) < 4.78 is 31.3. The van der Waals surface area contributed by atoms with Crippen LogP contribution in [0.4, 0.5) is 0 Å². The van der Waals surface area contributed by atoms with Gasteiger partial charge >= 0.3 is 0 Å². The highest BCUT2D eigenvalue weighted by Gasteiger charge is 2.21. The zero-order valence-electron chi connectivity index (χ0n) is 14.7. The molecule has 2 N–H and O–H groups in total. The van der Waals surface area contributed by atoms with Crippen molar-refractivity contribution in [2.45, 2.75) is 31.7 Å². The molecule has 1 rings (SSSR count). The van der Waals surface area contributed by atoms with Gasteiger partial charge in [0.25, 0.3) is 0 Å². The molecule has 0 saturated heterocycles. The van der Waals surface area contributed by atoms with Crippen LogP contribution >= 0.6 is 12.2 Å². The van der Waals surface area contributed by atoms with Crippen LogP contribution in [-0.2, 0) is 14.8 Å². The molecule has 0 bridgehead atoms. The summed E-state index contributed by atoms with van der Waals surface area (Å²) in [6.45, 7) is 7.76. The van der Waals surface area contributed by atoms with Crippen LogP contribution in [0.3, 0.4) is 0 Å². The van der Waals surface area contributed by atoms with Crippen molar-refractivity contribution in [2.24, 2.45) is 0 Å². The quantitative estimate of drug-likeness (QED) is 0.509. The van der Waals surface area contributed by atoms with Gasteiger partial charge in [0.05, 0.1) is 17.5 Å². The summed E-state index contributed by atoms with van der Waals surface area (Å²) in [5.74, 6) is 0. The van der Waals surface area contributed by atoms with Gasteiger partial charge in [0, 0.05) is 26.7 Å². The third-order valence-electron chi connectivity index (χ3n) is 3.66. The van der Waals surface area contributed by atoms with Gasteiger partial charge in [-0.3, -0.25) is 0 Å². The summed E-state index contributed by atoms with van der Waals surface area (Å²) in [6, 6.07) is 6.88. The molecular formula is C16H27N3O3S2. The first-order chi connectivity index (χ1) is 11.4. The minimum Gasteiger partial charge on any atom is -0.383 e. The molecule has 0 heterocycles. The standard InChI is InChI=1S/C16H27N3O3S2/c1-5-19(6-2)24(20,21)15-9-7-14(8-10-15)13(3)18-16(23)17-11-12-22-4/h7-10,13H,5-6,11-12H2,1-4H3,(H2,17,18,23)/t13-/m0/s1.